The summed E-state index contributed by atoms with van der Waals surface area (Å²) in [5.41, 5.74) is 1.66. The highest BCUT2D eigenvalue weighted by atomic mass is 16.5. The van der Waals surface area contributed by atoms with Gasteiger partial charge in [0, 0.05) is 43.5 Å². The molecule has 1 fully saturated rings. The van der Waals surface area contributed by atoms with Gasteiger partial charge < -0.3 is 28.8 Å². The van der Waals surface area contributed by atoms with Gasteiger partial charge >= 0.3 is 0 Å². The first-order chi connectivity index (χ1) is 17.5. The van der Waals surface area contributed by atoms with Crippen LogP contribution in [0.15, 0.2) is 82.0 Å². The monoisotopic (exact) mass is 486 g/mol. The molecule has 2 heterocycles. The standard InChI is InChI=1S/C28H26N2O6/c1-34-23-11-10-19(25-17-22(32)28-21(31)8-5-9-24(28)36-25)16-26(23)35-18-27(33)30-14-12-29(13-15-30)20-6-3-2-4-7-20/h2-11,16-17,31H,12-15,18H2,1H3. The summed E-state index contributed by atoms with van der Waals surface area (Å²) >= 11 is 0. The van der Waals surface area contributed by atoms with Crippen molar-refractivity contribution in [3.8, 4) is 28.6 Å². The van der Waals surface area contributed by atoms with E-state index in [-0.39, 0.29) is 34.7 Å². The Bertz CT molecular complexity index is 1440. The maximum Gasteiger partial charge on any atom is 0.260 e. The summed E-state index contributed by atoms with van der Waals surface area (Å²) < 4.78 is 17.1. The molecule has 1 saturated heterocycles. The lowest BCUT2D eigenvalue weighted by Crippen LogP contribution is -2.50. The van der Waals surface area contributed by atoms with Crippen molar-refractivity contribution in [2.75, 3.05) is 44.8 Å². The van der Waals surface area contributed by atoms with E-state index in [9.17, 15) is 14.7 Å². The maximum atomic E-state index is 12.9. The molecule has 1 amide bonds. The Balaban J connectivity index is 1.29. The van der Waals surface area contributed by atoms with Gasteiger partial charge in [-0.3, -0.25) is 9.59 Å². The van der Waals surface area contributed by atoms with Gasteiger partial charge in [0.15, 0.2) is 23.5 Å². The van der Waals surface area contributed by atoms with Crippen molar-refractivity contribution >= 4 is 22.6 Å². The van der Waals surface area contributed by atoms with Gasteiger partial charge in [-0.05, 0) is 42.5 Å². The molecule has 0 spiro atoms. The van der Waals surface area contributed by atoms with Crippen molar-refractivity contribution in [1.29, 1.82) is 0 Å². The van der Waals surface area contributed by atoms with Gasteiger partial charge in [-0.15, -0.1) is 0 Å². The van der Waals surface area contributed by atoms with Gasteiger partial charge in [0.2, 0.25) is 0 Å². The van der Waals surface area contributed by atoms with E-state index in [2.05, 4.69) is 17.0 Å². The van der Waals surface area contributed by atoms with E-state index in [0.29, 0.717) is 35.9 Å². The Morgan fingerprint density at radius 2 is 1.72 bits per heavy atom. The van der Waals surface area contributed by atoms with Crippen molar-refractivity contribution in [3.63, 3.8) is 0 Å². The van der Waals surface area contributed by atoms with Crippen LogP contribution in [-0.4, -0.2) is 55.8 Å². The van der Waals surface area contributed by atoms with E-state index in [0.717, 1.165) is 18.8 Å². The summed E-state index contributed by atoms with van der Waals surface area (Å²) in [7, 11) is 1.52. The molecule has 1 aromatic heterocycles. The predicted octanol–water partition coefficient (Wildman–Crippen LogP) is 3.90. The molecule has 0 radical (unpaired) electrons. The SMILES string of the molecule is COc1ccc(-c2cc(=O)c3c(O)cccc3o2)cc1OCC(=O)N1CCN(c2ccccc2)CC1. The summed E-state index contributed by atoms with van der Waals surface area (Å²) in [5.74, 6) is 0.901. The Hall–Kier alpha value is -4.46. The molecular formula is C28H26N2O6. The number of para-hydroxylation sites is 1. The number of phenols is 1. The number of amides is 1. The number of benzene rings is 3. The lowest BCUT2D eigenvalue weighted by atomic mass is 10.1. The van der Waals surface area contributed by atoms with Crippen LogP contribution in [0.1, 0.15) is 0 Å². The van der Waals surface area contributed by atoms with Crippen molar-refractivity contribution in [2.24, 2.45) is 0 Å². The van der Waals surface area contributed by atoms with E-state index in [1.165, 1.54) is 19.2 Å². The van der Waals surface area contributed by atoms with E-state index in [4.69, 9.17) is 13.9 Å². The van der Waals surface area contributed by atoms with Crippen LogP contribution < -0.4 is 19.8 Å². The third-order valence-electron chi connectivity index (χ3n) is 6.29. The zero-order valence-corrected chi connectivity index (χ0v) is 19.8. The lowest BCUT2D eigenvalue weighted by Gasteiger charge is -2.36. The Morgan fingerprint density at radius 1 is 0.944 bits per heavy atom. The first kappa shape index (κ1) is 23.3. The first-order valence-corrected chi connectivity index (χ1v) is 11.7. The molecule has 36 heavy (non-hydrogen) atoms. The van der Waals surface area contributed by atoms with Crippen LogP contribution in [0, 0.1) is 0 Å². The van der Waals surface area contributed by atoms with Crippen LogP contribution in [0.2, 0.25) is 0 Å². The number of carbonyl (C=O) groups is 1. The molecule has 0 unspecified atom stereocenters. The molecule has 1 aliphatic rings. The molecule has 4 aromatic rings. The molecule has 0 bridgehead atoms. The van der Waals surface area contributed by atoms with Crippen LogP contribution in [-0.2, 0) is 4.79 Å². The third kappa shape index (κ3) is 4.70. The minimum atomic E-state index is -0.354. The number of hydrogen-bond acceptors (Lipinski definition) is 7. The van der Waals surface area contributed by atoms with E-state index < -0.39 is 0 Å². The number of nitrogens with zero attached hydrogens (tertiary/aromatic N) is 2. The summed E-state index contributed by atoms with van der Waals surface area (Å²) in [5, 5.41) is 10.1. The van der Waals surface area contributed by atoms with Crippen LogP contribution in [0.5, 0.6) is 17.2 Å². The normalized spacial score (nSPS) is 13.6. The molecule has 8 heteroatoms. The smallest absolute Gasteiger partial charge is 0.260 e. The second kappa shape index (κ2) is 10.0. The number of phenolic OH excluding ortho intramolecular Hbond substituents is 1. The molecular weight excluding hydrogens is 460 g/mol. The van der Waals surface area contributed by atoms with Gasteiger partial charge in [0.1, 0.15) is 22.5 Å². The second-order valence-electron chi connectivity index (χ2n) is 8.48. The minimum absolute atomic E-state index is 0.108. The molecule has 184 valence electrons. The zero-order valence-electron chi connectivity index (χ0n) is 19.8. The summed E-state index contributed by atoms with van der Waals surface area (Å²) in [4.78, 5) is 29.5. The summed E-state index contributed by atoms with van der Waals surface area (Å²) in [6, 6.07) is 21.3. The van der Waals surface area contributed by atoms with E-state index in [1.54, 1.807) is 35.2 Å². The average Bonchev–Trinajstić information content (AvgIpc) is 2.92. The Kier molecular flexibility index (Phi) is 6.49. The van der Waals surface area contributed by atoms with Crippen LogP contribution >= 0.6 is 0 Å². The molecule has 1 N–H and O–H groups in total. The lowest BCUT2D eigenvalue weighted by molar-refractivity contribution is -0.133. The molecule has 0 atom stereocenters. The van der Waals surface area contributed by atoms with Gasteiger partial charge in [-0.1, -0.05) is 24.3 Å². The van der Waals surface area contributed by atoms with Crippen LogP contribution in [0.25, 0.3) is 22.3 Å². The van der Waals surface area contributed by atoms with Gasteiger partial charge in [0.05, 0.1) is 7.11 Å². The number of rotatable bonds is 6. The third-order valence-corrected chi connectivity index (χ3v) is 6.29. The molecule has 1 aliphatic heterocycles. The minimum Gasteiger partial charge on any atom is -0.507 e. The molecule has 5 rings (SSSR count). The van der Waals surface area contributed by atoms with Crippen molar-refractivity contribution in [3.05, 3.63) is 83.0 Å². The summed E-state index contributed by atoms with van der Waals surface area (Å²) in [6.07, 6.45) is 0. The zero-order chi connectivity index (χ0) is 25.1. The first-order valence-electron chi connectivity index (χ1n) is 11.7. The van der Waals surface area contributed by atoms with Crippen LogP contribution in [0.4, 0.5) is 5.69 Å². The van der Waals surface area contributed by atoms with Gasteiger partial charge in [-0.2, -0.15) is 0 Å². The number of hydrogen-bond donors (Lipinski definition) is 1. The fourth-order valence-electron chi connectivity index (χ4n) is 4.36. The highest BCUT2D eigenvalue weighted by Gasteiger charge is 2.22. The number of piperazine rings is 1. The van der Waals surface area contributed by atoms with Crippen LogP contribution in [0.3, 0.4) is 0 Å². The van der Waals surface area contributed by atoms with Gasteiger partial charge in [0.25, 0.3) is 5.91 Å². The molecule has 0 saturated carbocycles. The van der Waals surface area contributed by atoms with Gasteiger partial charge in [-0.25, -0.2) is 0 Å². The topological polar surface area (TPSA) is 92.4 Å². The maximum absolute atomic E-state index is 12.9. The Labute approximate surface area is 207 Å². The van der Waals surface area contributed by atoms with E-state index in [1.807, 2.05) is 18.2 Å². The fourth-order valence-corrected chi connectivity index (χ4v) is 4.36. The highest BCUT2D eigenvalue weighted by molar-refractivity contribution is 5.84. The number of fused-ring (bicyclic) bond motifs is 1. The highest BCUT2D eigenvalue weighted by Crippen LogP contribution is 2.34. The second-order valence-corrected chi connectivity index (χ2v) is 8.48. The number of methoxy groups -OCH3 is 1. The van der Waals surface area contributed by atoms with Crippen molar-refractivity contribution in [2.45, 2.75) is 0 Å². The molecule has 8 nitrogen and oxygen atoms in total. The predicted molar refractivity (Wildman–Crippen MR) is 137 cm³/mol. The summed E-state index contributed by atoms with van der Waals surface area (Å²) in [6.45, 7) is 2.60. The fraction of sp³-hybridized carbons (Fsp3) is 0.214. The number of anilines is 1. The van der Waals surface area contributed by atoms with E-state index >= 15 is 0 Å². The number of ether oxygens (including phenoxy) is 2. The van der Waals surface area contributed by atoms with Crippen molar-refractivity contribution < 1.29 is 23.8 Å². The Morgan fingerprint density at radius 3 is 2.47 bits per heavy atom. The number of aromatic hydroxyl groups is 1. The average molecular weight is 487 g/mol. The molecule has 0 aliphatic carbocycles. The largest absolute Gasteiger partial charge is 0.507 e. The number of carbonyl (C=O) groups excluding carboxylic acids is 1. The van der Waals surface area contributed by atoms with Crippen molar-refractivity contribution in [1.82, 2.24) is 4.90 Å². The molecule has 3 aromatic carbocycles. The quantitative estimate of drug-likeness (QED) is 0.442.